The van der Waals surface area contributed by atoms with E-state index in [-0.39, 0.29) is 6.10 Å². The molecule has 3 rings (SSSR count). The second-order valence-electron chi connectivity index (χ2n) is 5.41. The van der Waals surface area contributed by atoms with Crippen molar-refractivity contribution in [1.29, 1.82) is 0 Å². The summed E-state index contributed by atoms with van der Waals surface area (Å²) in [7, 11) is 0. The van der Waals surface area contributed by atoms with Crippen LogP contribution in [0.2, 0.25) is 0 Å². The van der Waals surface area contributed by atoms with Crippen molar-refractivity contribution < 1.29 is 4.74 Å². The standard InChI is InChI=1S/C17H21NOS/c1-4-18-10-14-7-5-6-8-16(14)19-17(11-18)15-9-12(2)20-13(15)3/h5-9,17H,4,10-11H2,1-3H3. The first-order valence-corrected chi connectivity index (χ1v) is 8.03. The minimum absolute atomic E-state index is 0.142. The highest BCUT2D eigenvalue weighted by molar-refractivity contribution is 7.12. The topological polar surface area (TPSA) is 12.5 Å². The van der Waals surface area contributed by atoms with E-state index < -0.39 is 0 Å². The summed E-state index contributed by atoms with van der Waals surface area (Å²) in [5.74, 6) is 1.04. The Kier molecular flexibility index (Phi) is 3.81. The molecule has 106 valence electrons. The van der Waals surface area contributed by atoms with Crippen LogP contribution in [0.15, 0.2) is 30.3 Å². The minimum Gasteiger partial charge on any atom is -0.484 e. The van der Waals surface area contributed by atoms with E-state index >= 15 is 0 Å². The van der Waals surface area contributed by atoms with Gasteiger partial charge in [0.2, 0.25) is 0 Å². The molecule has 0 bridgehead atoms. The predicted molar refractivity (Wildman–Crippen MR) is 84.6 cm³/mol. The third-order valence-electron chi connectivity index (χ3n) is 3.93. The minimum atomic E-state index is 0.142. The summed E-state index contributed by atoms with van der Waals surface area (Å²) >= 11 is 1.86. The lowest BCUT2D eigenvalue weighted by atomic mass is 10.1. The second kappa shape index (κ2) is 5.58. The van der Waals surface area contributed by atoms with Gasteiger partial charge in [-0.1, -0.05) is 25.1 Å². The SMILES string of the molecule is CCN1Cc2ccccc2OC(c2cc(C)sc2C)C1. The highest BCUT2D eigenvalue weighted by Crippen LogP contribution is 2.34. The van der Waals surface area contributed by atoms with Crippen LogP contribution in [0.4, 0.5) is 0 Å². The van der Waals surface area contributed by atoms with Gasteiger partial charge in [0.25, 0.3) is 0 Å². The lowest BCUT2D eigenvalue weighted by Gasteiger charge is -2.22. The van der Waals surface area contributed by atoms with Gasteiger partial charge >= 0.3 is 0 Å². The largest absolute Gasteiger partial charge is 0.484 e. The smallest absolute Gasteiger partial charge is 0.137 e. The number of nitrogens with zero attached hydrogens (tertiary/aromatic N) is 1. The van der Waals surface area contributed by atoms with Crippen LogP contribution in [0.3, 0.4) is 0 Å². The van der Waals surface area contributed by atoms with Crippen molar-refractivity contribution in [3.05, 3.63) is 51.2 Å². The van der Waals surface area contributed by atoms with Crippen molar-refractivity contribution in [2.24, 2.45) is 0 Å². The van der Waals surface area contributed by atoms with Crippen molar-refractivity contribution in [2.45, 2.75) is 33.4 Å². The Balaban J connectivity index is 1.98. The van der Waals surface area contributed by atoms with E-state index in [0.717, 1.165) is 25.4 Å². The molecule has 20 heavy (non-hydrogen) atoms. The van der Waals surface area contributed by atoms with E-state index in [1.54, 1.807) is 0 Å². The molecule has 2 heterocycles. The van der Waals surface area contributed by atoms with Crippen LogP contribution in [0.5, 0.6) is 5.75 Å². The Morgan fingerprint density at radius 1 is 1.30 bits per heavy atom. The van der Waals surface area contributed by atoms with Crippen LogP contribution >= 0.6 is 11.3 Å². The molecule has 1 aliphatic rings. The van der Waals surface area contributed by atoms with Crippen LogP contribution in [-0.2, 0) is 6.54 Å². The number of fused-ring (bicyclic) bond motifs is 1. The summed E-state index contributed by atoms with van der Waals surface area (Å²) in [6, 6.07) is 10.7. The Morgan fingerprint density at radius 3 is 2.80 bits per heavy atom. The van der Waals surface area contributed by atoms with Crippen molar-refractivity contribution in [1.82, 2.24) is 4.90 Å². The molecule has 0 N–H and O–H groups in total. The fraction of sp³-hybridized carbons (Fsp3) is 0.412. The number of rotatable bonds is 2. The summed E-state index contributed by atoms with van der Waals surface area (Å²) in [6.45, 7) is 9.58. The van der Waals surface area contributed by atoms with Crippen molar-refractivity contribution >= 4 is 11.3 Å². The number of ether oxygens (including phenoxy) is 1. The summed E-state index contributed by atoms with van der Waals surface area (Å²) in [5.41, 5.74) is 2.64. The van der Waals surface area contributed by atoms with Crippen LogP contribution < -0.4 is 4.74 Å². The van der Waals surface area contributed by atoms with E-state index in [9.17, 15) is 0 Å². The lowest BCUT2D eigenvalue weighted by molar-refractivity contribution is 0.152. The zero-order valence-electron chi connectivity index (χ0n) is 12.3. The van der Waals surface area contributed by atoms with Gasteiger partial charge in [-0.2, -0.15) is 0 Å². The van der Waals surface area contributed by atoms with Gasteiger partial charge in [0.15, 0.2) is 0 Å². The Labute approximate surface area is 125 Å². The maximum absolute atomic E-state index is 6.33. The van der Waals surface area contributed by atoms with Crippen molar-refractivity contribution in [3.8, 4) is 5.75 Å². The van der Waals surface area contributed by atoms with Crippen molar-refractivity contribution in [3.63, 3.8) is 0 Å². The van der Waals surface area contributed by atoms with E-state index in [2.05, 4.69) is 56.0 Å². The van der Waals surface area contributed by atoms with Gasteiger partial charge in [0.1, 0.15) is 11.9 Å². The number of thiophene rings is 1. The van der Waals surface area contributed by atoms with Gasteiger partial charge in [-0.15, -0.1) is 11.3 Å². The molecular formula is C17H21NOS. The van der Waals surface area contributed by atoms with Gasteiger partial charge in [-0.05, 0) is 32.5 Å². The zero-order valence-corrected chi connectivity index (χ0v) is 13.2. The molecule has 0 saturated heterocycles. The van der Waals surface area contributed by atoms with Crippen molar-refractivity contribution in [2.75, 3.05) is 13.1 Å². The van der Waals surface area contributed by atoms with Gasteiger partial charge in [-0.25, -0.2) is 0 Å². The Hall–Kier alpha value is -1.32. The highest BCUT2D eigenvalue weighted by atomic mass is 32.1. The van der Waals surface area contributed by atoms with Crippen LogP contribution in [0.1, 0.15) is 33.9 Å². The van der Waals surface area contributed by atoms with Gasteiger partial charge in [-0.3, -0.25) is 4.90 Å². The van der Waals surface area contributed by atoms with Gasteiger partial charge in [0.05, 0.1) is 0 Å². The van der Waals surface area contributed by atoms with E-state index in [1.807, 2.05) is 11.3 Å². The molecule has 1 aromatic carbocycles. The number of para-hydroxylation sites is 1. The summed E-state index contributed by atoms with van der Waals surface area (Å²) in [5, 5.41) is 0. The summed E-state index contributed by atoms with van der Waals surface area (Å²) in [4.78, 5) is 5.20. The second-order valence-corrected chi connectivity index (χ2v) is 6.87. The molecule has 0 amide bonds. The molecule has 0 saturated carbocycles. The number of aryl methyl sites for hydroxylation is 2. The molecule has 0 aliphatic carbocycles. The molecule has 0 fully saturated rings. The van der Waals surface area contributed by atoms with E-state index in [4.69, 9.17) is 4.74 Å². The monoisotopic (exact) mass is 287 g/mol. The maximum Gasteiger partial charge on any atom is 0.137 e. The highest BCUT2D eigenvalue weighted by Gasteiger charge is 2.25. The molecule has 0 spiro atoms. The van der Waals surface area contributed by atoms with Gasteiger partial charge in [0, 0.05) is 34.0 Å². The first-order valence-electron chi connectivity index (χ1n) is 7.21. The van der Waals surface area contributed by atoms with Crippen LogP contribution in [0.25, 0.3) is 0 Å². The first kappa shape index (κ1) is 13.7. The normalized spacial score (nSPS) is 19.2. The van der Waals surface area contributed by atoms with E-state index in [1.165, 1.54) is 20.9 Å². The molecule has 1 aromatic heterocycles. The average molecular weight is 287 g/mol. The molecule has 1 aliphatic heterocycles. The quantitative estimate of drug-likeness (QED) is 0.815. The van der Waals surface area contributed by atoms with Gasteiger partial charge < -0.3 is 4.74 Å². The summed E-state index contributed by atoms with van der Waals surface area (Å²) < 4.78 is 6.33. The molecule has 2 nitrogen and oxygen atoms in total. The molecule has 2 aromatic rings. The fourth-order valence-electron chi connectivity index (χ4n) is 2.85. The molecule has 3 heteroatoms. The average Bonchev–Trinajstić information content (AvgIpc) is 2.68. The maximum atomic E-state index is 6.33. The molecular weight excluding hydrogens is 266 g/mol. The number of likely N-dealkylation sites (N-methyl/N-ethyl adjacent to an activating group) is 1. The number of benzene rings is 1. The Morgan fingerprint density at radius 2 is 2.10 bits per heavy atom. The van der Waals surface area contributed by atoms with Crippen LogP contribution in [0, 0.1) is 13.8 Å². The third kappa shape index (κ3) is 2.60. The van der Waals surface area contributed by atoms with E-state index in [0.29, 0.717) is 0 Å². The number of hydrogen-bond acceptors (Lipinski definition) is 3. The summed E-state index contributed by atoms with van der Waals surface area (Å²) in [6.07, 6.45) is 0.142. The first-order chi connectivity index (χ1) is 9.67. The molecule has 1 unspecified atom stereocenters. The predicted octanol–water partition coefficient (Wildman–Crippen LogP) is 4.32. The van der Waals surface area contributed by atoms with Crippen LogP contribution in [-0.4, -0.2) is 18.0 Å². The zero-order chi connectivity index (χ0) is 14.1. The lowest BCUT2D eigenvalue weighted by Crippen LogP contribution is -2.27. The third-order valence-corrected chi connectivity index (χ3v) is 4.91. The molecule has 1 atom stereocenters. The number of hydrogen-bond donors (Lipinski definition) is 0. The fourth-order valence-corrected chi connectivity index (χ4v) is 3.83. The Bertz CT molecular complexity index is 605. The molecule has 0 radical (unpaired) electrons.